The molecule has 1 aliphatic rings. The number of anilines is 1. The van der Waals surface area contributed by atoms with Crippen molar-refractivity contribution in [3.05, 3.63) is 24.3 Å². The first-order chi connectivity index (χ1) is 9.99. The van der Waals surface area contributed by atoms with Gasteiger partial charge >= 0.3 is 5.97 Å². The Labute approximate surface area is 123 Å². The van der Waals surface area contributed by atoms with Gasteiger partial charge in [0.1, 0.15) is 11.8 Å². The number of hydrogen-bond donors (Lipinski definition) is 2. The van der Waals surface area contributed by atoms with Gasteiger partial charge in [0.05, 0.1) is 0 Å². The molecule has 0 bridgehead atoms. The molecule has 1 aliphatic heterocycles. The summed E-state index contributed by atoms with van der Waals surface area (Å²) in [5, 5.41) is 18.3. The summed E-state index contributed by atoms with van der Waals surface area (Å²) in [5.41, 5.74) is 0.900. The van der Waals surface area contributed by atoms with Crippen molar-refractivity contribution in [3.63, 3.8) is 0 Å². The van der Waals surface area contributed by atoms with Gasteiger partial charge in [0, 0.05) is 32.2 Å². The molecule has 0 spiro atoms. The van der Waals surface area contributed by atoms with E-state index in [-0.39, 0.29) is 18.1 Å². The van der Waals surface area contributed by atoms with E-state index in [0.29, 0.717) is 19.5 Å². The van der Waals surface area contributed by atoms with Gasteiger partial charge in [-0.3, -0.25) is 4.79 Å². The van der Waals surface area contributed by atoms with Crippen molar-refractivity contribution in [2.75, 3.05) is 25.0 Å². The third-order valence-corrected chi connectivity index (χ3v) is 3.81. The van der Waals surface area contributed by atoms with Crippen LogP contribution in [0.25, 0.3) is 0 Å². The lowest BCUT2D eigenvalue weighted by Crippen LogP contribution is -2.41. The highest BCUT2D eigenvalue weighted by atomic mass is 16.4. The van der Waals surface area contributed by atoms with Gasteiger partial charge in [-0.15, -0.1) is 0 Å². The van der Waals surface area contributed by atoms with Gasteiger partial charge in [0.2, 0.25) is 5.91 Å². The summed E-state index contributed by atoms with van der Waals surface area (Å²) < 4.78 is 0. The zero-order valence-corrected chi connectivity index (χ0v) is 12.0. The van der Waals surface area contributed by atoms with Crippen LogP contribution in [0.3, 0.4) is 0 Å². The molecule has 2 N–H and O–H groups in total. The van der Waals surface area contributed by atoms with Crippen molar-refractivity contribution in [2.24, 2.45) is 0 Å². The average molecular weight is 292 g/mol. The maximum absolute atomic E-state index is 12.1. The van der Waals surface area contributed by atoms with Crippen LogP contribution < -0.4 is 4.90 Å². The molecule has 1 fully saturated rings. The van der Waals surface area contributed by atoms with Gasteiger partial charge < -0.3 is 20.0 Å². The number of nitrogens with zero attached hydrogens (tertiary/aromatic N) is 2. The van der Waals surface area contributed by atoms with Crippen LogP contribution in [0.5, 0.6) is 5.75 Å². The van der Waals surface area contributed by atoms with Crippen molar-refractivity contribution in [1.82, 2.24) is 4.90 Å². The summed E-state index contributed by atoms with van der Waals surface area (Å²) in [6, 6.07) is 6.06. The standard InChI is InChI=1S/C15H20N2O4/c1-16(11-4-6-12(18)7-5-11)10-8-14(19)17-9-2-3-13(17)15(20)21/h4-7,13,18H,2-3,8-10H2,1H3,(H,20,21). The predicted octanol–water partition coefficient (Wildman–Crippen LogP) is 1.29. The van der Waals surface area contributed by atoms with Crippen molar-refractivity contribution in [3.8, 4) is 5.75 Å². The number of carboxylic acids is 1. The van der Waals surface area contributed by atoms with Gasteiger partial charge in [-0.25, -0.2) is 4.79 Å². The van der Waals surface area contributed by atoms with E-state index in [1.807, 2.05) is 11.9 Å². The maximum Gasteiger partial charge on any atom is 0.326 e. The molecule has 0 radical (unpaired) electrons. The van der Waals surface area contributed by atoms with E-state index in [2.05, 4.69) is 0 Å². The minimum atomic E-state index is -0.923. The number of hydrogen-bond acceptors (Lipinski definition) is 4. The van der Waals surface area contributed by atoms with E-state index in [1.165, 1.54) is 4.90 Å². The highest BCUT2D eigenvalue weighted by molar-refractivity contribution is 5.84. The summed E-state index contributed by atoms with van der Waals surface area (Å²) in [7, 11) is 1.86. The number of carbonyl (C=O) groups is 2. The van der Waals surface area contributed by atoms with Crippen LogP contribution in [-0.2, 0) is 9.59 Å². The topological polar surface area (TPSA) is 81.1 Å². The fourth-order valence-electron chi connectivity index (χ4n) is 2.57. The summed E-state index contributed by atoms with van der Waals surface area (Å²) in [6.45, 7) is 1.03. The number of likely N-dealkylation sites (tertiary alicyclic amines) is 1. The number of phenolic OH excluding ortho intramolecular Hbond substituents is 1. The summed E-state index contributed by atoms with van der Waals surface area (Å²) >= 11 is 0. The summed E-state index contributed by atoms with van der Waals surface area (Å²) in [6.07, 6.45) is 1.56. The molecule has 1 aromatic carbocycles. The van der Waals surface area contributed by atoms with Crippen LogP contribution in [0.1, 0.15) is 19.3 Å². The number of amides is 1. The molecule has 1 heterocycles. The molecule has 6 nitrogen and oxygen atoms in total. The van der Waals surface area contributed by atoms with Crippen molar-refractivity contribution in [1.29, 1.82) is 0 Å². The van der Waals surface area contributed by atoms with Crippen molar-refractivity contribution >= 4 is 17.6 Å². The first-order valence-electron chi connectivity index (χ1n) is 7.01. The van der Waals surface area contributed by atoms with Crippen LogP contribution in [0.2, 0.25) is 0 Å². The van der Waals surface area contributed by atoms with Crippen molar-refractivity contribution in [2.45, 2.75) is 25.3 Å². The van der Waals surface area contributed by atoms with E-state index >= 15 is 0 Å². The Morgan fingerprint density at radius 2 is 2.00 bits per heavy atom. The minimum absolute atomic E-state index is 0.120. The Morgan fingerprint density at radius 3 is 2.62 bits per heavy atom. The lowest BCUT2D eigenvalue weighted by atomic mass is 10.2. The molecule has 1 unspecified atom stereocenters. The molecule has 0 aliphatic carbocycles. The monoisotopic (exact) mass is 292 g/mol. The zero-order chi connectivity index (χ0) is 15.4. The fraction of sp³-hybridized carbons (Fsp3) is 0.467. The number of aliphatic carboxylic acids is 1. The zero-order valence-electron chi connectivity index (χ0n) is 12.0. The second-order valence-electron chi connectivity index (χ2n) is 5.27. The maximum atomic E-state index is 12.1. The Bertz CT molecular complexity index is 515. The molecule has 2 rings (SSSR count). The van der Waals surface area contributed by atoms with E-state index in [4.69, 9.17) is 5.11 Å². The highest BCUT2D eigenvalue weighted by Gasteiger charge is 2.33. The third-order valence-electron chi connectivity index (χ3n) is 3.81. The van der Waals surface area contributed by atoms with Gasteiger partial charge in [-0.1, -0.05) is 0 Å². The average Bonchev–Trinajstić information content (AvgIpc) is 2.95. The molecule has 1 atom stereocenters. The van der Waals surface area contributed by atoms with Crippen LogP contribution in [-0.4, -0.2) is 53.2 Å². The molecule has 0 saturated carbocycles. The van der Waals surface area contributed by atoms with Gasteiger partial charge in [0.25, 0.3) is 0 Å². The first-order valence-corrected chi connectivity index (χ1v) is 7.01. The van der Waals surface area contributed by atoms with Gasteiger partial charge in [-0.05, 0) is 37.1 Å². The number of phenols is 1. The first kappa shape index (κ1) is 15.2. The SMILES string of the molecule is CN(CCC(=O)N1CCCC1C(=O)O)c1ccc(O)cc1. The molecule has 21 heavy (non-hydrogen) atoms. The Balaban J connectivity index is 1.88. The van der Waals surface area contributed by atoms with Crippen LogP contribution in [0.15, 0.2) is 24.3 Å². The smallest absolute Gasteiger partial charge is 0.326 e. The molecular formula is C15H20N2O4. The van der Waals surface area contributed by atoms with Crippen molar-refractivity contribution < 1.29 is 19.8 Å². The number of carbonyl (C=O) groups excluding carboxylic acids is 1. The Hall–Kier alpha value is -2.24. The van der Waals surface area contributed by atoms with E-state index in [9.17, 15) is 14.7 Å². The second kappa shape index (κ2) is 6.47. The van der Waals surface area contributed by atoms with E-state index < -0.39 is 12.0 Å². The second-order valence-corrected chi connectivity index (χ2v) is 5.27. The molecule has 1 saturated heterocycles. The van der Waals surface area contributed by atoms with E-state index in [1.54, 1.807) is 24.3 Å². The quantitative estimate of drug-likeness (QED) is 0.855. The molecule has 1 amide bonds. The molecule has 6 heteroatoms. The fourth-order valence-corrected chi connectivity index (χ4v) is 2.57. The molecule has 114 valence electrons. The lowest BCUT2D eigenvalue weighted by Gasteiger charge is -2.24. The number of aromatic hydroxyl groups is 1. The highest BCUT2D eigenvalue weighted by Crippen LogP contribution is 2.20. The number of carboxylic acid groups (broad SMARTS) is 1. The Morgan fingerprint density at radius 1 is 1.33 bits per heavy atom. The summed E-state index contributed by atoms with van der Waals surface area (Å²) in [5.74, 6) is -0.845. The Kier molecular flexibility index (Phi) is 4.67. The molecule has 0 aromatic heterocycles. The number of benzene rings is 1. The largest absolute Gasteiger partial charge is 0.508 e. The van der Waals surface area contributed by atoms with Gasteiger partial charge in [0.15, 0.2) is 0 Å². The van der Waals surface area contributed by atoms with Crippen LogP contribution >= 0.6 is 0 Å². The third kappa shape index (κ3) is 3.65. The normalized spacial score (nSPS) is 17.8. The minimum Gasteiger partial charge on any atom is -0.508 e. The lowest BCUT2D eigenvalue weighted by molar-refractivity contribution is -0.148. The van der Waals surface area contributed by atoms with E-state index in [0.717, 1.165) is 12.1 Å². The number of rotatable bonds is 5. The van der Waals surface area contributed by atoms with Crippen LogP contribution in [0.4, 0.5) is 5.69 Å². The molecular weight excluding hydrogens is 272 g/mol. The summed E-state index contributed by atoms with van der Waals surface area (Å²) in [4.78, 5) is 26.6. The predicted molar refractivity (Wildman–Crippen MR) is 78.4 cm³/mol. The molecule has 1 aromatic rings. The van der Waals surface area contributed by atoms with Crippen LogP contribution in [0, 0.1) is 0 Å². The van der Waals surface area contributed by atoms with Gasteiger partial charge in [-0.2, -0.15) is 0 Å².